The van der Waals surface area contributed by atoms with Crippen molar-refractivity contribution in [3.05, 3.63) is 35.3 Å². The minimum absolute atomic E-state index is 0.0940. The van der Waals surface area contributed by atoms with Crippen molar-refractivity contribution >= 4 is 23.2 Å². The van der Waals surface area contributed by atoms with Crippen LogP contribution in [-0.4, -0.2) is 69.0 Å². The maximum Gasteiger partial charge on any atom is 0.243 e. The van der Waals surface area contributed by atoms with E-state index < -0.39 is 0 Å². The fourth-order valence-electron chi connectivity index (χ4n) is 5.01. The number of fused-ring (bicyclic) bond motifs is 1. The topological polar surface area (TPSA) is 130 Å². The number of hydrogen-bond acceptors (Lipinski definition) is 9. The summed E-state index contributed by atoms with van der Waals surface area (Å²) in [7, 11) is 2.03. The first-order valence-electron chi connectivity index (χ1n) is 12.7. The van der Waals surface area contributed by atoms with Gasteiger partial charge in [0.15, 0.2) is 11.5 Å². The zero-order valence-corrected chi connectivity index (χ0v) is 21.2. The van der Waals surface area contributed by atoms with E-state index in [1.807, 2.05) is 13.2 Å². The fraction of sp³-hybridized carbons (Fsp3) is 0.600. The van der Waals surface area contributed by atoms with E-state index in [9.17, 15) is 5.11 Å². The van der Waals surface area contributed by atoms with E-state index >= 15 is 0 Å². The third-order valence-corrected chi connectivity index (χ3v) is 6.81. The number of rotatable bonds is 11. The summed E-state index contributed by atoms with van der Waals surface area (Å²) in [5.74, 6) is 2.62. The third-order valence-electron chi connectivity index (χ3n) is 6.81. The van der Waals surface area contributed by atoms with E-state index in [2.05, 4.69) is 50.5 Å². The molecule has 1 aliphatic heterocycles. The summed E-state index contributed by atoms with van der Waals surface area (Å²) in [6, 6.07) is 2.31. The van der Waals surface area contributed by atoms with Crippen LogP contribution in [0.25, 0.3) is 5.65 Å². The maximum atomic E-state index is 9.37. The lowest BCUT2D eigenvalue weighted by molar-refractivity contribution is 0.276. The number of nitrogens with zero attached hydrogens (tertiary/aromatic N) is 6. The summed E-state index contributed by atoms with van der Waals surface area (Å²) in [5, 5.41) is 20.7. The van der Waals surface area contributed by atoms with Crippen molar-refractivity contribution in [1.29, 1.82) is 0 Å². The summed E-state index contributed by atoms with van der Waals surface area (Å²) in [4.78, 5) is 16.1. The molecule has 0 spiro atoms. The summed E-state index contributed by atoms with van der Waals surface area (Å²) < 4.78 is 1.77. The molecule has 5 N–H and O–H groups in total. The van der Waals surface area contributed by atoms with Crippen LogP contribution in [0.5, 0.6) is 0 Å². The fourth-order valence-corrected chi connectivity index (χ4v) is 5.01. The van der Waals surface area contributed by atoms with Crippen LogP contribution in [-0.2, 0) is 6.42 Å². The van der Waals surface area contributed by atoms with Crippen LogP contribution in [0.3, 0.4) is 0 Å². The lowest BCUT2D eigenvalue weighted by Crippen LogP contribution is -2.37. The monoisotopic (exact) mass is 481 g/mol. The van der Waals surface area contributed by atoms with Crippen LogP contribution < -0.4 is 21.3 Å². The van der Waals surface area contributed by atoms with Crippen LogP contribution in [0.4, 0.5) is 17.6 Å². The number of nitrogens with two attached hydrogens (primary N) is 1. The molecule has 1 atom stereocenters. The number of piperidine rings is 1. The number of aliphatic hydroxyl groups excluding tert-OH is 1. The van der Waals surface area contributed by atoms with Crippen molar-refractivity contribution in [2.75, 3.05) is 49.2 Å². The van der Waals surface area contributed by atoms with Gasteiger partial charge in [-0.3, -0.25) is 0 Å². The Morgan fingerprint density at radius 1 is 1.20 bits per heavy atom. The zero-order chi connectivity index (χ0) is 24.8. The molecule has 0 radical (unpaired) electrons. The molecule has 0 aromatic carbocycles. The Morgan fingerprint density at radius 2 is 2.00 bits per heavy atom. The Hall–Kier alpha value is -2.98. The van der Waals surface area contributed by atoms with Crippen molar-refractivity contribution in [2.24, 2.45) is 5.92 Å². The lowest BCUT2D eigenvalue weighted by atomic mass is 9.96. The Morgan fingerprint density at radius 3 is 2.69 bits per heavy atom. The third kappa shape index (κ3) is 5.99. The standard InChI is InChI=1S/C25H39N9O/c1-4-5-20(8-11-35)30-25-31-22(26)24-29-16-21(34(24)32-25)13-19-12-17(2)23(28-15-19)33-9-6-18(7-10-33)14-27-3/h12,15-16,18,20,27,35H,4-11,13-14H2,1-3H3,(H3,26,30,31,32). The summed E-state index contributed by atoms with van der Waals surface area (Å²) in [5.41, 5.74) is 9.96. The maximum absolute atomic E-state index is 9.37. The molecule has 0 aliphatic carbocycles. The second-order valence-electron chi connectivity index (χ2n) is 9.60. The van der Waals surface area contributed by atoms with Gasteiger partial charge in [-0.25, -0.2) is 14.5 Å². The average molecular weight is 482 g/mol. The lowest BCUT2D eigenvalue weighted by Gasteiger charge is -2.33. The van der Waals surface area contributed by atoms with Gasteiger partial charge in [-0.15, -0.1) is 5.10 Å². The molecule has 10 heteroatoms. The first-order chi connectivity index (χ1) is 17.0. The highest BCUT2D eigenvalue weighted by atomic mass is 16.3. The van der Waals surface area contributed by atoms with Crippen LogP contribution in [0.2, 0.25) is 0 Å². The zero-order valence-electron chi connectivity index (χ0n) is 21.2. The number of aromatic nitrogens is 5. The molecule has 1 fully saturated rings. The minimum Gasteiger partial charge on any atom is -0.396 e. The Kier molecular flexibility index (Phi) is 8.35. The van der Waals surface area contributed by atoms with Gasteiger partial charge in [-0.1, -0.05) is 19.4 Å². The molecule has 3 aromatic heterocycles. The Balaban J connectivity index is 1.50. The molecule has 3 aromatic rings. The van der Waals surface area contributed by atoms with Crippen LogP contribution in [0.1, 0.15) is 55.8 Å². The number of aryl methyl sites for hydroxylation is 1. The molecule has 35 heavy (non-hydrogen) atoms. The quantitative estimate of drug-likeness (QED) is 0.326. The SMILES string of the molecule is CCCC(CCO)Nc1nc(N)c2ncc(Cc3cnc(N4CCC(CNC)CC4)c(C)c3)n2n1. The van der Waals surface area contributed by atoms with Gasteiger partial charge in [0.25, 0.3) is 0 Å². The van der Waals surface area contributed by atoms with Crippen molar-refractivity contribution in [1.82, 2.24) is 29.9 Å². The predicted octanol–water partition coefficient (Wildman–Crippen LogP) is 2.40. The minimum atomic E-state index is 0.0940. The highest BCUT2D eigenvalue weighted by molar-refractivity contribution is 5.61. The van der Waals surface area contributed by atoms with Crippen molar-refractivity contribution in [3.63, 3.8) is 0 Å². The average Bonchev–Trinajstić information content (AvgIpc) is 3.23. The van der Waals surface area contributed by atoms with Gasteiger partial charge in [0.2, 0.25) is 5.95 Å². The Labute approximate surface area is 207 Å². The molecule has 4 rings (SSSR count). The molecule has 0 saturated carbocycles. The molecule has 10 nitrogen and oxygen atoms in total. The first kappa shape index (κ1) is 25.1. The van der Waals surface area contributed by atoms with E-state index in [1.165, 1.54) is 18.4 Å². The predicted molar refractivity (Wildman–Crippen MR) is 140 cm³/mol. The van der Waals surface area contributed by atoms with Crippen LogP contribution >= 0.6 is 0 Å². The van der Waals surface area contributed by atoms with Gasteiger partial charge in [-0.2, -0.15) is 4.98 Å². The van der Waals surface area contributed by atoms with E-state index in [1.54, 1.807) is 10.7 Å². The van der Waals surface area contributed by atoms with Gasteiger partial charge >= 0.3 is 0 Å². The molecular weight excluding hydrogens is 442 g/mol. The molecular formula is C25H39N9O. The molecule has 190 valence electrons. The van der Waals surface area contributed by atoms with Gasteiger partial charge in [0.1, 0.15) is 5.82 Å². The van der Waals surface area contributed by atoms with Crippen LogP contribution in [0.15, 0.2) is 18.5 Å². The van der Waals surface area contributed by atoms with Crippen molar-refractivity contribution in [2.45, 2.75) is 58.4 Å². The highest BCUT2D eigenvalue weighted by Crippen LogP contribution is 2.25. The van der Waals surface area contributed by atoms with Crippen molar-refractivity contribution < 1.29 is 5.11 Å². The first-order valence-corrected chi connectivity index (χ1v) is 12.7. The van der Waals surface area contributed by atoms with Gasteiger partial charge in [0.05, 0.1) is 11.9 Å². The van der Waals surface area contributed by atoms with Crippen LogP contribution in [0, 0.1) is 12.8 Å². The number of pyridine rings is 1. The number of anilines is 3. The number of hydrogen-bond donors (Lipinski definition) is 4. The number of nitrogens with one attached hydrogen (secondary N) is 2. The molecule has 1 saturated heterocycles. The molecule has 1 aliphatic rings. The van der Waals surface area contributed by atoms with E-state index in [-0.39, 0.29) is 12.6 Å². The Bertz CT molecular complexity index is 1100. The van der Waals surface area contributed by atoms with E-state index in [0.29, 0.717) is 30.3 Å². The molecule has 0 amide bonds. The largest absolute Gasteiger partial charge is 0.396 e. The molecule has 4 heterocycles. The van der Waals surface area contributed by atoms with Crippen molar-refractivity contribution in [3.8, 4) is 0 Å². The van der Waals surface area contributed by atoms with Gasteiger partial charge in [0, 0.05) is 38.4 Å². The van der Waals surface area contributed by atoms with E-state index in [4.69, 9.17) is 10.7 Å². The number of aliphatic hydroxyl groups is 1. The normalized spacial score (nSPS) is 15.6. The molecule has 1 unspecified atom stereocenters. The van der Waals surface area contributed by atoms with E-state index in [0.717, 1.165) is 55.5 Å². The van der Waals surface area contributed by atoms with Gasteiger partial charge in [-0.05, 0) is 63.2 Å². The highest BCUT2D eigenvalue weighted by Gasteiger charge is 2.21. The molecule has 0 bridgehead atoms. The second kappa shape index (κ2) is 11.6. The second-order valence-corrected chi connectivity index (χ2v) is 9.60. The number of nitrogen functional groups attached to an aromatic ring is 1. The summed E-state index contributed by atoms with van der Waals surface area (Å²) in [6.07, 6.45) is 9.35. The number of imidazole rings is 1. The summed E-state index contributed by atoms with van der Waals surface area (Å²) >= 11 is 0. The summed E-state index contributed by atoms with van der Waals surface area (Å²) in [6.45, 7) is 7.55. The smallest absolute Gasteiger partial charge is 0.243 e. The van der Waals surface area contributed by atoms with Gasteiger partial charge < -0.3 is 26.4 Å².